The minimum absolute atomic E-state index is 0.0406. The molecule has 19 nitrogen and oxygen atoms in total. The van der Waals surface area contributed by atoms with Crippen molar-refractivity contribution in [3.8, 4) is 0 Å². The van der Waals surface area contributed by atoms with Crippen LogP contribution in [0, 0.1) is 50.7 Å². The van der Waals surface area contributed by atoms with Crippen LogP contribution in [0.15, 0.2) is 11.6 Å². The molecule has 66 heavy (non-hydrogen) atoms. The molecule has 0 unspecified atom stereocenters. The first-order valence-electron chi connectivity index (χ1n) is 24.0. The molecule has 8 rings (SSSR count). The van der Waals surface area contributed by atoms with Gasteiger partial charge in [-0.2, -0.15) is 0 Å². The molecular formula is C47H74O19. The molecule has 8 aliphatic rings. The maximum atomic E-state index is 14.6. The quantitative estimate of drug-likeness (QED) is 0.0813. The Bertz CT molecular complexity index is 1830. The third-order valence-corrected chi connectivity index (χ3v) is 18.8. The molecule has 3 saturated heterocycles. The summed E-state index contributed by atoms with van der Waals surface area (Å²) >= 11 is 0. The third kappa shape index (κ3) is 7.56. The van der Waals surface area contributed by atoms with Gasteiger partial charge < -0.3 is 84.6 Å². The average Bonchev–Trinajstić information content (AvgIpc) is 3.27. The van der Waals surface area contributed by atoms with Gasteiger partial charge >= 0.3 is 11.9 Å². The summed E-state index contributed by atoms with van der Waals surface area (Å²) in [5.74, 6) is -1.90. The highest BCUT2D eigenvalue weighted by Gasteiger charge is 2.73. The molecule has 24 atom stereocenters. The van der Waals surface area contributed by atoms with Crippen LogP contribution in [0.5, 0.6) is 0 Å². The van der Waals surface area contributed by atoms with E-state index in [1.165, 1.54) is 0 Å². The van der Waals surface area contributed by atoms with Crippen molar-refractivity contribution in [1.82, 2.24) is 0 Å². The Hall–Kier alpha value is -1.92. The number of hydrogen-bond donors (Lipinski definition) is 11. The monoisotopic (exact) mass is 942 g/mol. The number of aliphatic carboxylic acids is 1. The van der Waals surface area contributed by atoms with Crippen molar-refractivity contribution in [2.24, 2.45) is 50.7 Å². The van der Waals surface area contributed by atoms with Crippen LogP contribution < -0.4 is 0 Å². The van der Waals surface area contributed by atoms with E-state index in [2.05, 4.69) is 40.7 Å². The van der Waals surface area contributed by atoms with Gasteiger partial charge in [-0.15, -0.1) is 0 Å². The molecule has 0 aromatic heterocycles. The molecule has 0 aromatic rings. The Morgan fingerprint density at radius 2 is 1.26 bits per heavy atom. The maximum absolute atomic E-state index is 14.6. The van der Waals surface area contributed by atoms with E-state index in [1.807, 2.05) is 0 Å². The Morgan fingerprint density at radius 3 is 1.88 bits per heavy atom. The summed E-state index contributed by atoms with van der Waals surface area (Å²) < 4.78 is 35.5. The SMILES string of the molecule is C[C@@H]1CC[C@]2(C(=O)O[C@@H]3O[C@H](CO)[C@@H](O)[C@H](O)[C@H]3O)CC[C@]3(C(=O)O)C(=CC[C@@H]4[C@@]5(C)CC[C@H](O[C@@H]6O[C@@H](C)[C@H](O[C@@H]7O[C@H](CO)[C@@H](O)[C@H](O)[C@H]7O)[C@@H](O)[C@H]6O)C(C)(C)[C@@H]5CC[C@]43C)[C@@H]2C1. The normalized spacial score (nSPS) is 53.5. The van der Waals surface area contributed by atoms with Crippen molar-refractivity contribution in [2.45, 2.75) is 204 Å². The van der Waals surface area contributed by atoms with Crippen LogP contribution in [0.2, 0.25) is 0 Å². The highest BCUT2D eigenvalue weighted by atomic mass is 16.7. The zero-order valence-corrected chi connectivity index (χ0v) is 38.8. The molecule has 3 heterocycles. The van der Waals surface area contributed by atoms with Crippen LogP contribution >= 0.6 is 0 Å². The van der Waals surface area contributed by atoms with E-state index in [1.54, 1.807) is 6.92 Å². The summed E-state index contributed by atoms with van der Waals surface area (Å²) in [5.41, 5.74) is -3.27. The van der Waals surface area contributed by atoms with Gasteiger partial charge in [0, 0.05) is 0 Å². The largest absolute Gasteiger partial charge is 0.481 e. The lowest BCUT2D eigenvalue weighted by molar-refractivity contribution is -0.364. The number of aliphatic hydroxyl groups excluding tert-OH is 10. The lowest BCUT2D eigenvalue weighted by atomic mass is 9.33. The maximum Gasteiger partial charge on any atom is 0.315 e. The third-order valence-electron chi connectivity index (χ3n) is 18.8. The summed E-state index contributed by atoms with van der Waals surface area (Å²) in [7, 11) is 0. The van der Waals surface area contributed by atoms with Crippen molar-refractivity contribution in [1.29, 1.82) is 0 Å². The Labute approximate surface area is 385 Å². The van der Waals surface area contributed by atoms with Crippen molar-refractivity contribution in [3.05, 3.63) is 11.6 Å². The van der Waals surface area contributed by atoms with Gasteiger partial charge in [-0.05, 0) is 111 Å². The van der Waals surface area contributed by atoms with Crippen LogP contribution in [0.1, 0.15) is 106 Å². The smallest absolute Gasteiger partial charge is 0.315 e. The molecule has 0 bridgehead atoms. The number of aliphatic hydroxyl groups is 10. The number of esters is 1. The molecular weight excluding hydrogens is 868 g/mol. The molecule has 0 aromatic carbocycles. The van der Waals surface area contributed by atoms with E-state index in [0.717, 1.165) is 5.57 Å². The predicted octanol–water partition coefficient (Wildman–Crippen LogP) is -0.157. The fourth-order valence-corrected chi connectivity index (χ4v) is 15.0. The first kappa shape index (κ1) is 50.5. The molecule has 0 spiro atoms. The van der Waals surface area contributed by atoms with Gasteiger partial charge in [0.25, 0.3) is 0 Å². The van der Waals surface area contributed by atoms with E-state index in [9.17, 15) is 65.8 Å². The van der Waals surface area contributed by atoms with E-state index in [-0.39, 0.29) is 36.0 Å². The fraction of sp³-hybridized carbons (Fsp3) is 0.915. The van der Waals surface area contributed by atoms with Crippen LogP contribution in [-0.2, 0) is 38.0 Å². The molecule has 5 aliphatic carbocycles. The van der Waals surface area contributed by atoms with Crippen molar-refractivity contribution >= 4 is 11.9 Å². The zero-order valence-electron chi connectivity index (χ0n) is 38.8. The molecule has 3 aliphatic heterocycles. The van der Waals surface area contributed by atoms with Crippen LogP contribution in [0.4, 0.5) is 0 Å². The van der Waals surface area contributed by atoms with Crippen molar-refractivity contribution in [2.75, 3.05) is 13.2 Å². The second-order valence-corrected chi connectivity index (χ2v) is 22.3. The van der Waals surface area contributed by atoms with Crippen LogP contribution in [-0.4, -0.2) is 180 Å². The minimum Gasteiger partial charge on any atom is -0.481 e. The number of carbonyl (C=O) groups excluding carboxylic acids is 1. The van der Waals surface area contributed by atoms with E-state index >= 15 is 0 Å². The number of allylic oxidation sites excluding steroid dienone is 1. The highest BCUT2D eigenvalue weighted by Crippen LogP contribution is 2.76. The summed E-state index contributed by atoms with van der Waals surface area (Å²) in [4.78, 5) is 28.8. The van der Waals surface area contributed by atoms with Gasteiger partial charge in [0.1, 0.15) is 67.1 Å². The van der Waals surface area contributed by atoms with Crippen molar-refractivity contribution < 1.29 is 94.2 Å². The van der Waals surface area contributed by atoms with Crippen LogP contribution in [0.25, 0.3) is 0 Å². The predicted molar refractivity (Wildman–Crippen MR) is 226 cm³/mol. The molecule has 7 fully saturated rings. The molecule has 376 valence electrons. The van der Waals surface area contributed by atoms with E-state index < -0.39 is 151 Å². The fourth-order valence-electron chi connectivity index (χ4n) is 15.0. The number of rotatable bonds is 9. The zero-order chi connectivity index (χ0) is 48.2. The summed E-state index contributed by atoms with van der Waals surface area (Å²) in [6, 6.07) is 0. The molecule has 0 radical (unpaired) electrons. The number of carboxylic acids is 1. The van der Waals surface area contributed by atoms with E-state index in [4.69, 9.17) is 28.4 Å². The summed E-state index contributed by atoms with van der Waals surface area (Å²) in [6.45, 7) is 11.0. The van der Waals surface area contributed by atoms with Gasteiger partial charge in [0.15, 0.2) is 12.6 Å². The molecule has 11 N–H and O–H groups in total. The minimum atomic E-state index is -1.77. The standard InChI is InChI=1S/C47H74O19/c1-20-9-14-46(42(60)66-40-35(56)32(53)30(51)25(19-49)63-40)15-16-47(41(58)59)22(23(46)17-20)7-8-27-44(5)12-11-28(43(3,4)26(44)10-13-45(27,47)6)64-38-36(57)33(54)37(21(2)61-38)65-39-34(55)31(52)29(50)24(18-48)62-39/h7,20-21,23-40,48-57H,8-19H2,1-6H3,(H,58,59)/t20-,21+,23+,24-,25-,26+,27-,28+,29-,30-,31+,32+,33+,34-,35-,36-,37+,38+,39+,40+,44+,45-,46+,47-/m1/s1. The average molecular weight is 943 g/mol. The number of hydrogen-bond acceptors (Lipinski definition) is 18. The highest BCUT2D eigenvalue weighted by molar-refractivity contribution is 5.85. The first-order valence-corrected chi connectivity index (χ1v) is 24.0. The Morgan fingerprint density at radius 1 is 0.667 bits per heavy atom. The van der Waals surface area contributed by atoms with Gasteiger partial charge in [-0.25, -0.2) is 0 Å². The van der Waals surface area contributed by atoms with Crippen LogP contribution in [0.3, 0.4) is 0 Å². The number of ether oxygens (including phenoxy) is 6. The molecule has 4 saturated carbocycles. The van der Waals surface area contributed by atoms with Gasteiger partial charge in [0.05, 0.1) is 36.3 Å². The number of fused-ring (bicyclic) bond motifs is 7. The number of carboxylic acid groups (broad SMARTS) is 1. The first-order chi connectivity index (χ1) is 30.9. The molecule has 19 heteroatoms. The lowest BCUT2D eigenvalue weighted by Gasteiger charge is -2.70. The van der Waals surface area contributed by atoms with E-state index in [0.29, 0.717) is 51.4 Å². The topological polar surface area (TPSA) is 312 Å². The summed E-state index contributed by atoms with van der Waals surface area (Å²) in [6.07, 6.45) is -15.7. The van der Waals surface area contributed by atoms with Gasteiger partial charge in [-0.1, -0.05) is 46.3 Å². The lowest BCUT2D eigenvalue weighted by Crippen LogP contribution is -2.68. The molecule has 0 amide bonds. The Balaban J connectivity index is 1.01. The Kier molecular flexibility index (Phi) is 13.8. The summed E-state index contributed by atoms with van der Waals surface area (Å²) in [5, 5.41) is 116. The van der Waals surface area contributed by atoms with Crippen molar-refractivity contribution in [3.63, 3.8) is 0 Å². The van der Waals surface area contributed by atoms with Gasteiger partial charge in [0.2, 0.25) is 6.29 Å². The van der Waals surface area contributed by atoms with Gasteiger partial charge in [-0.3, -0.25) is 9.59 Å². The second kappa shape index (κ2) is 18.0. The second-order valence-electron chi connectivity index (χ2n) is 22.3. The number of carbonyl (C=O) groups is 2.